The molecule has 0 radical (unpaired) electrons. The summed E-state index contributed by atoms with van der Waals surface area (Å²) >= 11 is 0. The van der Waals surface area contributed by atoms with E-state index >= 15 is 0 Å². The van der Waals surface area contributed by atoms with E-state index in [0.29, 0.717) is 6.54 Å². The van der Waals surface area contributed by atoms with Crippen LogP contribution in [-0.2, 0) is 17.8 Å². The molecular weight excluding hydrogens is 230 g/mol. The van der Waals surface area contributed by atoms with E-state index in [-0.39, 0.29) is 0 Å². The Hall–Kier alpha value is -0.980. The highest BCUT2D eigenvalue weighted by Gasteiger charge is 2.20. The van der Waals surface area contributed by atoms with Crippen molar-refractivity contribution >= 4 is 0 Å². The summed E-state index contributed by atoms with van der Waals surface area (Å²) < 4.78 is 7.39. The van der Waals surface area contributed by atoms with Gasteiger partial charge in [-0.15, -0.1) is 5.10 Å². The van der Waals surface area contributed by atoms with Gasteiger partial charge in [-0.25, -0.2) is 0 Å². The molecule has 1 saturated carbocycles. The minimum Gasteiger partial charge on any atom is -0.380 e. The van der Waals surface area contributed by atoms with E-state index in [1.165, 1.54) is 12.8 Å². The van der Waals surface area contributed by atoms with Gasteiger partial charge in [0, 0.05) is 32.4 Å². The van der Waals surface area contributed by atoms with Gasteiger partial charge < -0.3 is 10.5 Å². The van der Waals surface area contributed by atoms with Crippen molar-refractivity contribution in [1.82, 2.24) is 19.9 Å². The van der Waals surface area contributed by atoms with Crippen LogP contribution in [0.3, 0.4) is 0 Å². The number of hydrogen-bond donors (Lipinski definition) is 1. The quantitative estimate of drug-likeness (QED) is 0.632. The van der Waals surface area contributed by atoms with Crippen molar-refractivity contribution in [2.45, 2.75) is 25.9 Å². The van der Waals surface area contributed by atoms with Gasteiger partial charge in [-0.1, -0.05) is 5.21 Å². The van der Waals surface area contributed by atoms with Gasteiger partial charge >= 0.3 is 0 Å². The molecule has 0 amide bonds. The van der Waals surface area contributed by atoms with Crippen molar-refractivity contribution in [2.75, 3.05) is 33.4 Å². The lowest BCUT2D eigenvalue weighted by molar-refractivity contribution is 0.101. The maximum Gasteiger partial charge on any atom is 0.0967 e. The molecule has 6 heteroatoms. The maximum atomic E-state index is 5.61. The van der Waals surface area contributed by atoms with E-state index in [0.717, 1.165) is 44.5 Å². The molecule has 0 atom stereocenters. The highest BCUT2D eigenvalue weighted by Crippen LogP contribution is 2.28. The third kappa shape index (κ3) is 4.72. The first kappa shape index (κ1) is 13.5. The van der Waals surface area contributed by atoms with Gasteiger partial charge in [-0.2, -0.15) is 0 Å². The van der Waals surface area contributed by atoms with Crippen molar-refractivity contribution in [3.8, 4) is 0 Å². The van der Waals surface area contributed by atoms with Crippen LogP contribution in [0.1, 0.15) is 18.5 Å². The molecule has 0 unspecified atom stereocenters. The molecule has 1 aromatic rings. The highest BCUT2D eigenvalue weighted by molar-refractivity contribution is 4.91. The zero-order chi connectivity index (χ0) is 12.8. The van der Waals surface area contributed by atoms with Gasteiger partial charge in [0.2, 0.25) is 0 Å². The average molecular weight is 253 g/mol. The fraction of sp³-hybridized carbons (Fsp3) is 0.833. The minimum absolute atomic E-state index is 0.591. The number of ether oxygens (including phenoxy) is 1. The van der Waals surface area contributed by atoms with Gasteiger partial charge in [0.1, 0.15) is 0 Å². The zero-order valence-corrected chi connectivity index (χ0v) is 11.1. The van der Waals surface area contributed by atoms with Crippen molar-refractivity contribution in [3.63, 3.8) is 0 Å². The molecule has 0 saturated heterocycles. The van der Waals surface area contributed by atoms with E-state index in [9.17, 15) is 0 Å². The summed E-state index contributed by atoms with van der Waals surface area (Å²) in [5, 5.41) is 8.13. The summed E-state index contributed by atoms with van der Waals surface area (Å²) in [5.74, 6) is 0.839. The van der Waals surface area contributed by atoms with Crippen LogP contribution in [0.15, 0.2) is 6.20 Å². The Kier molecular flexibility index (Phi) is 5.10. The Morgan fingerprint density at radius 3 is 3.11 bits per heavy atom. The van der Waals surface area contributed by atoms with Crippen LogP contribution in [0.2, 0.25) is 0 Å². The van der Waals surface area contributed by atoms with Gasteiger partial charge in [0.05, 0.1) is 18.8 Å². The standard InChI is InChI=1S/C12H23N5O/c1-16(6-7-18-10-11-2-3-11)8-12-9-17(5-4-13)15-14-12/h9,11H,2-8,10,13H2,1H3. The Labute approximate surface area is 108 Å². The normalized spacial score (nSPS) is 15.5. The van der Waals surface area contributed by atoms with Gasteiger partial charge in [0.25, 0.3) is 0 Å². The number of hydrogen-bond acceptors (Lipinski definition) is 5. The molecule has 102 valence electrons. The SMILES string of the molecule is CN(CCOCC1CC1)Cc1cn(CCN)nn1. The molecule has 1 aliphatic carbocycles. The van der Waals surface area contributed by atoms with E-state index in [1.54, 1.807) is 4.68 Å². The second-order valence-electron chi connectivity index (χ2n) is 5.02. The Morgan fingerprint density at radius 1 is 1.56 bits per heavy atom. The van der Waals surface area contributed by atoms with Gasteiger partial charge in [-0.3, -0.25) is 9.58 Å². The monoisotopic (exact) mass is 253 g/mol. The van der Waals surface area contributed by atoms with Crippen LogP contribution >= 0.6 is 0 Å². The fourth-order valence-electron chi connectivity index (χ4n) is 1.76. The van der Waals surface area contributed by atoms with E-state index in [2.05, 4.69) is 22.3 Å². The summed E-state index contributed by atoms with van der Waals surface area (Å²) in [6.07, 6.45) is 4.65. The van der Waals surface area contributed by atoms with Crippen LogP contribution in [0, 0.1) is 5.92 Å². The maximum absolute atomic E-state index is 5.61. The molecule has 0 spiro atoms. The number of likely N-dealkylation sites (N-methyl/N-ethyl adjacent to an activating group) is 1. The summed E-state index contributed by atoms with van der Waals surface area (Å²) in [4.78, 5) is 2.20. The van der Waals surface area contributed by atoms with Crippen molar-refractivity contribution < 1.29 is 4.74 Å². The fourth-order valence-corrected chi connectivity index (χ4v) is 1.76. The Balaban J connectivity index is 1.60. The van der Waals surface area contributed by atoms with Crippen LogP contribution in [0.4, 0.5) is 0 Å². The van der Waals surface area contributed by atoms with E-state index < -0.39 is 0 Å². The zero-order valence-electron chi connectivity index (χ0n) is 11.1. The molecule has 1 heterocycles. The van der Waals surface area contributed by atoms with E-state index in [4.69, 9.17) is 10.5 Å². The first-order valence-corrected chi connectivity index (χ1v) is 6.63. The Bertz CT molecular complexity index is 350. The van der Waals surface area contributed by atoms with Gasteiger partial charge in [0.15, 0.2) is 0 Å². The van der Waals surface area contributed by atoms with Crippen LogP contribution in [0.25, 0.3) is 0 Å². The molecule has 0 bridgehead atoms. The summed E-state index contributed by atoms with van der Waals surface area (Å²) in [6, 6.07) is 0. The number of rotatable bonds is 9. The third-order valence-corrected chi connectivity index (χ3v) is 3.04. The number of aromatic nitrogens is 3. The Morgan fingerprint density at radius 2 is 2.39 bits per heavy atom. The molecule has 1 aromatic heterocycles. The van der Waals surface area contributed by atoms with Crippen LogP contribution in [0.5, 0.6) is 0 Å². The summed E-state index contributed by atoms with van der Waals surface area (Å²) in [6.45, 7) is 4.77. The van der Waals surface area contributed by atoms with Crippen molar-refractivity contribution in [2.24, 2.45) is 11.7 Å². The van der Waals surface area contributed by atoms with Crippen molar-refractivity contribution in [3.05, 3.63) is 11.9 Å². The average Bonchev–Trinajstić information content (AvgIpc) is 3.07. The largest absolute Gasteiger partial charge is 0.380 e. The molecule has 2 N–H and O–H groups in total. The number of nitrogens with zero attached hydrogens (tertiary/aromatic N) is 4. The molecule has 0 aliphatic heterocycles. The predicted molar refractivity (Wildman–Crippen MR) is 69.0 cm³/mol. The molecule has 0 aromatic carbocycles. The minimum atomic E-state index is 0.591. The molecule has 1 aliphatic rings. The van der Waals surface area contributed by atoms with Crippen LogP contribution in [-0.4, -0.2) is 53.2 Å². The molecule has 6 nitrogen and oxygen atoms in total. The van der Waals surface area contributed by atoms with Crippen molar-refractivity contribution in [1.29, 1.82) is 0 Å². The molecular formula is C12H23N5O. The first-order valence-electron chi connectivity index (χ1n) is 6.63. The molecule has 2 rings (SSSR count). The molecule has 18 heavy (non-hydrogen) atoms. The molecule has 1 fully saturated rings. The smallest absolute Gasteiger partial charge is 0.0967 e. The lowest BCUT2D eigenvalue weighted by atomic mass is 10.4. The van der Waals surface area contributed by atoms with E-state index in [1.807, 2.05) is 6.20 Å². The van der Waals surface area contributed by atoms with Crippen LogP contribution < -0.4 is 5.73 Å². The highest BCUT2D eigenvalue weighted by atomic mass is 16.5. The number of nitrogens with two attached hydrogens (primary N) is 1. The lowest BCUT2D eigenvalue weighted by Crippen LogP contribution is -2.23. The second kappa shape index (κ2) is 6.82. The topological polar surface area (TPSA) is 69.2 Å². The predicted octanol–water partition coefficient (Wildman–Crippen LogP) is 0.0952. The van der Waals surface area contributed by atoms with Gasteiger partial charge in [-0.05, 0) is 25.8 Å². The second-order valence-corrected chi connectivity index (χ2v) is 5.02. The summed E-state index contributed by atoms with van der Waals surface area (Å²) in [5.41, 5.74) is 6.45. The third-order valence-electron chi connectivity index (χ3n) is 3.04. The first-order chi connectivity index (χ1) is 8.78. The lowest BCUT2D eigenvalue weighted by Gasteiger charge is -2.14. The summed E-state index contributed by atoms with van der Waals surface area (Å²) in [7, 11) is 2.07.